The van der Waals surface area contributed by atoms with Gasteiger partial charge in [-0.25, -0.2) is 9.37 Å². The first-order chi connectivity index (χ1) is 11.1. The fourth-order valence-corrected chi connectivity index (χ4v) is 2.24. The number of halogens is 2. The normalized spacial score (nSPS) is 10.8. The highest BCUT2D eigenvalue weighted by Gasteiger charge is 2.09. The molecule has 7 heteroatoms. The quantitative estimate of drug-likeness (QED) is 0.438. The summed E-state index contributed by atoms with van der Waals surface area (Å²) in [6, 6.07) is 10.3. The van der Waals surface area contributed by atoms with Crippen molar-refractivity contribution >= 4 is 29.9 Å². The van der Waals surface area contributed by atoms with Gasteiger partial charge in [0, 0.05) is 38.9 Å². The molecule has 0 atom stereocenters. The van der Waals surface area contributed by atoms with E-state index < -0.39 is 0 Å². The van der Waals surface area contributed by atoms with Crippen molar-refractivity contribution in [1.29, 1.82) is 0 Å². The molecule has 0 saturated heterocycles. The minimum absolute atomic E-state index is 0. The molecule has 1 aromatic carbocycles. The number of methoxy groups -OCH3 is 1. The molecule has 5 nitrogen and oxygen atoms in total. The Morgan fingerprint density at radius 2 is 2.00 bits per heavy atom. The smallest absolute Gasteiger partial charge is 0.218 e. The van der Waals surface area contributed by atoms with Gasteiger partial charge in [-0.15, -0.1) is 24.0 Å². The lowest BCUT2D eigenvalue weighted by Gasteiger charge is -2.22. The van der Waals surface area contributed by atoms with Crippen molar-refractivity contribution in [2.45, 2.75) is 13.1 Å². The standard InChI is InChI=1S/C17H21FN4O.HI/c1-19-17(21-11-14-5-4-10-20-16(14)23-3)22(2)12-13-6-8-15(18)9-7-13;/h4-10H,11-12H2,1-3H3,(H,19,21);1H. The van der Waals surface area contributed by atoms with E-state index in [0.29, 0.717) is 19.0 Å². The van der Waals surface area contributed by atoms with Crippen LogP contribution in [0.15, 0.2) is 47.6 Å². The van der Waals surface area contributed by atoms with Crippen LogP contribution in [0.25, 0.3) is 0 Å². The average molecular weight is 444 g/mol. The second-order valence-corrected chi connectivity index (χ2v) is 5.06. The third-order valence-corrected chi connectivity index (χ3v) is 3.39. The SMILES string of the molecule is CN=C(NCc1cccnc1OC)N(C)Cc1ccc(F)cc1.I. The van der Waals surface area contributed by atoms with Crippen LogP contribution < -0.4 is 10.1 Å². The second-order valence-electron chi connectivity index (χ2n) is 5.06. The van der Waals surface area contributed by atoms with Crippen LogP contribution in [0.2, 0.25) is 0 Å². The molecule has 0 bridgehead atoms. The maximum atomic E-state index is 13.0. The van der Waals surface area contributed by atoms with E-state index in [1.54, 1.807) is 32.5 Å². The number of ether oxygens (including phenoxy) is 1. The summed E-state index contributed by atoms with van der Waals surface area (Å²) in [4.78, 5) is 10.4. The van der Waals surface area contributed by atoms with E-state index in [2.05, 4.69) is 15.3 Å². The molecule has 130 valence electrons. The summed E-state index contributed by atoms with van der Waals surface area (Å²) in [5, 5.41) is 3.27. The number of hydrogen-bond donors (Lipinski definition) is 1. The summed E-state index contributed by atoms with van der Waals surface area (Å²) < 4.78 is 18.2. The first kappa shape index (κ1) is 20.1. The van der Waals surface area contributed by atoms with Crippen LogP contribution in [0.4, 0.5) is 4.39 Å². The Morgan fingerprint density at radius 1 is 1.29 bits per heavy atom. The number of pyridine rings is 1. The molecule has 0 aliphatic rings. The monoisotopic (exact) mass is 444 g/mol. The van der Waals surface area contributed by atoms with Crippen molar-refractivity contribution in [2.24, 2.45) is 4.99 Å². The third kappa shape index (κ3) is 5.63. The molecule has 1 heterocycles. The molecule has 1 N–H and O–H groups in total. The van der Waals surface area contributed by atoms with Crippen molar-refractivity contribution in [3.8, 4) is 5.88 Å². The molecule has 2 aromatic rings. The lowest BCUT2D eigenvalue weighted by molar-refractivity contribution is 0.391. The number of aromatic nitrogens is 1. The highest BCUT2D eigenvalue weighted by atomic mass is 127. The van der Waals surface area contributed by atoms with Gasteiger partial charge in [0.15, 0.2) is 5.96 Å². The van der Waals surface area contributed by atoms with E-state index in [-0.39, 0.29) is 29.8 Å². The summed E-state index contributed by atoms with van der Waals surface area (Å²) in [6.45, 7) is 1.18. The number of aliphatic imine (C=N–C) groups is 1. The topological polar surface area (TPSA) is 49.8 Å². The molecule has 1 aromatic heterocycles. The van der Waals surface area contributed by atoms with E-state index in [4.69, 9.17) is 4.74 Å². The van der Waals surface area contributed by atoms with E-state index in [0.717, 1.165) is 17.1 Å². The summed E-state index contributed by atoms with van der Waals surface area (Å²) in [7, 11) is 5.25. The molecule has 0 aliphatic carbocycles. The van der Waals surface area contributed by atoms with E-state index >= 15 is 0 Å². The fourth-order valence-electron chi connectivity index (χ4n) is 2.24. The zero-order valence-corrected chi connectivity index (χ0v) is 16.3. The molecule has 0 unspecified atom stereocenters. The summed E-state index contributed by atoms with van der Waals surface area (Å²) >= 11 is 0. The van der Waals surface area contributed by atoms with Gasteiger partial charge in [-0.3, -0.25) is 4.99 Å². The molecule has 0 radical (unpaired) electrons. The van der Waals surface area contributed by atoms with Gasteiger partial charge >= 0.3 is 0 Å². The van der Waals surface area contributed by atoms with Gasteiger partial charge in [-0.1, -0.05) is 18.2 Å². The molecule has 0 saturated carbocycles. The largest absolute Gasteiger partial charge is 0.481 e. The van der Waals surface area contributed by atoms with Gasteiger partial charge < -0.3 is 15.0 Å². The highest BCUT2D eigenvalue weighted by molar-refractivity contribution is 14.0. The molecular weight excluding hydrogens is 422 g/mol. The molecule has 2 rings (SSSR count). The molecule has 24 heavy (non-hydrogen) atoms. The van der Waals surface area contributed by atoms with Gasteiger partial charge in [0.2, 0.25) is 5.88 Å². The van der Waals surface area contributed by atoms with Crippen molar-refractivity contribution in [3.05, 3.63) is 59.5 Å². The van der Waals surface area contributed by atoms with Gasteiger partial charge in [-0.05, 0) is 23.8 Å². The zero-order chi connectivity index (χ0) is 16.7. The lowest BCUT2D eigenvalue weighted by Crippen LogP contribution is -2.38. The number of rotatable bonds is 5. The molecule has 0 fully saturated rings. The Hall–Kier alpha value is -1.90. The Morgan fingerprint density at radius 3 is 2.62 bits per heavy atom. The van der Waals surface area contributed by atoms with Crippen LogP contribution in [0, 0.1) is 5.82 Å². The maximum absolute atomic E-state index is 13.0. The Bertz CT molecular complexity index is 664. The zero-order valence-electron chi connectivity index (χ0n) is 14.0. The Labute approximate surface area is 159 Å². The molecule has 0 spiro atoms. The highest BCUT2D eigenvalue weighted by Crippen LogP contribution is 2.13. The average Bonchev–Trinajstić information content (AvgIpc) is 2.58. The molecule has 0 amide bonds. The number of benzene rings is 1. The van der Waals surface area contributed by atoms with Crippen LogP contribution in [-0.4, -0.2) is 37.0 Å². The number of nitrogens with zero attached hydrogens (tertiary/aromatic N) is 3. The summed E-state index contributed by atoms with van der Waals surface area (Å²) in [5.74, 6) is 1.10. The van der Waals surface area contributed by atoms with Crippen molar-refractivity contribution in [1.82, 2.24) is 15.2 Å². The maximum Gasteiger partial charge on any atom is 0.218 e. The molecular formula is C17H22FIN4O. The third-order valence-electron chi connectivity index (χ3n) is 3.39. The van der Waals surface area contributed by atoms with Crippen LogP contribution in [0.3, 0.4) is 0 Å². The minimum atomic E-state index is -0.234. The van der Waals surface area contributed by atoms with Crippen molar-refractivity contribution in [2.75, 3.05) is 21.2 Å². The minimum Gasteiger partial charge on any atom is -0.481 e. The number of guanidine groups is 1. The van der Waals surface area contributed by atoms with Crippen LogP contribution >= 0.6 is 24.0 Å². The number of hydrogen-bond acceptors (Lipinski definition) is 3. The van der Waals surface area contributed by atoms with Gasteiger partial charge in [0.1, 0.15) is 5.82 Å². The predicted molar refractivity (Wildman–Crippen MR) is 104 cm³/mol. The van der Waals surface area contributed by atoms with Gasteiger partial charge in [-0.2, -0.15) is 0 Å². The second kappa shape index (κ2) is 10.1. The van der Waals surface area contributed by atoms with E-state index in [1.165, 1.54) is 12.1 Å². The van der Waals surface area contributed by atoms with E-state index in [9.17, 15) is 4.39 Å². The van der Waals surface area contributed by atoms with Crippen LogP contribution in [-0.2, 0) is 13.1 Å². The van der Waals surface area contributed by atoms with Crippen molar-refractivity contribution < 1.29 is 9.13 Å². The van der Waals surface area contributed by atoms with Gasteiger partial charge in [0.05, 0.1) is 7.11 Å². The van der Waals surface area contributed by atoms with Crippen LogP contribution in [0.1, 0.15) is 11.1 Å². The van der Waals surface area contributed by atoms with Gasteiger partial charge in [0.25, 0.3) is 0 Å². The summed E-state index contributed by atoms with van der Waals surface area (Å²) in [5.41, 5.74) is 1.96. The lowest BCUT2D eigenvalue weighted by atomic mass is 10.2. The first-order valence-corrected chi connectivity index (χ1v) is 7.28. The van der Waals surface area contributed by atoms with Crippen LogP contribution in [0.5, 0.6) is 5.88 Å². The fraction of sp³-hybridized carbons (Fsp3) is 0.294. The number of nitrogens with one attached hydrogen (secondary N) is 1. The van der Waals surface area contributed by atoms with Crippen molar-refractivity contribution in [3.63, 3.8) is 0 Å². The van der Waals surface area contributed by atoms with E-state index in [1.807, 2.05) is 24.1 Å². The molecule has 0 aliphatic heterocycles. The predicted octanol–water partition coefficient (Wildman–Crippen LogP) is 3.05. The first-order valence-electron chi connectivity index (χ1n) is 7.28. The Kier molecular flexibility index (Phi) is 8.45. The summed E-state index contributed by atoms with van der Waals surface area (Å²) in [6.07, 6.45) is 1.69. The Balaban J connectivity index is 0.00000288.